The zero-order valence-electron chi connectivity index (χ0n) is 20.0. The summed E-state index contributed by atoms with van der Waals surface area (Å²) in [4.78, 5) is 15.5. The Morgan fingerprint density at radius 2 is 1.91 bits per heavy atom. The summed E-state index contributed by atoms with van der Waals surface area (Å²) in [7, 11) is 1.68. The molecule has 1 aliphatic rings. The van der Waals surface area contributed by atoms with Crippen LogP contribution >= 0.6 is 0 Å². The summed E-state index contributed by atoms with van der Waals surface area (Å²) in [6.07, 6.45) is 2.84. The zero-order valence-corrected chi connectivity index (χ0v) is 20.0. The summed E-state index contributed by atoms with van der Waals surface area (Å²) in [5, 5.41) is 17.1. The van der Waals surface area contributed by atoms with Gasteiger partial charge in [-0.3, -0.25) is 14.4 Å². The number of rotatable bonds is 10. The van der Waals surface area contributed by atoms with Crippen LogP contribution in [0.25, 0.3) is 0 Å². The van der Waals surface area contributed by atoms with Crippen LogP contribution in [-0.2, 0) is 32.5 Å². The number of aryl methyl sites for hydroxylation is 1. The zero-order chi connectivity index (χ0) is 23.9. The number of carbonyl (C=O) groups is 1. The molecule has 1 atom stereocenters. The number of nitrogens with one attached hydrogen (secondary N) is 1. The van der Waals surface area contributed by atoms with Gasteiger partial charge in [-0.15, -0.1) is 0 Å². The van der Waals surface area contributed by atoms with Gasteiger partial charge in [0.2, 0.25) is 0 Å². The molecule has 2 heterocycles. The highest BCUT2D eigenvalue weighted by atomic mass is 16.5. The Hall–Kier alpha value is -3.16. The number of amides is 1. The first-order chi connectivity index (χ1) is 16.6. The lowest BCUT2D eigenvalue weighted by Crippen LogP contribution is -2.39. The number of hydrogen-bond donors (Lipinski definition) is 2. The molecule has 34 heavy (non-hydrogen) atoms. The van der Waals surface area contributed by atoms with Crippen molar-refractivity contribution in [3.05, 3.63) is 82.7 Å². The molecule has 1 aromatic heterocycles. The van der Waals surface area contributed by atoms with Crippen LogP contribution in [0.5, 0.6) is 5.75 Å². The van der Waals surface area contributed by atoms with Gasteiger partial charge in [-0.1, -0.05) is 42.5 Å². The number of ether oxygens (including phenoxy) is 1. The van der Waals surface area contributed by atoms with E-state index in [0.29, 0.717) is 31.4 Å². The first-order valence-electron chi connectivity index (χ1n) is 12.0. The van der Waals surface area contributed by atoms with E-state index in [1.165, 1.54) is 5.56 Å². The summed E-state index contributed by atoms with van der Waals surface area (Å²) in [5.41, 5.74) is 4.88. The van der Waals surface area contributed by atoms with Crippen molar-refractivity contribution >= 4 is 5.91 Å². The third-order valence-electron chi connectivity index (χ3n) is 6.62. The molecule has 4 rings (SSSR count). The van der Waals surface area contributed by atoms with Crippen molar-refractivity contribution in [2.24, 2.45) is 0 Å². The molecule has 0 spiro atoms. The smallest absolute Gasteiger partial charge is 0.272 e. The first-order valence-corrected chi connectivity index (χ1v) is 12.0. The Labute approximate surface area is 201 Å². The number of aromatic nitrogens is 2. The standard InChI is InChI=1S/C27H34N4O3/c1-20(8-9-21-10-12-23(34-2)13-11-21)30-15-14-25-24(19-30)26(29-31(25)16-17-32)27(33)28-18-22-6-4-3-5-7-22/h3-7,10-13,20,32H,8-9,14-19H2,1-2H3,(H,28,33)/t20-/m1/s1. The molecule has 2 aromatic carbocycles. The Morgan fingerprint density at radius 1 is 1.15 bits per heavy atom. The normalized spacial score (nSPS) is 14.4. The molecule has 1 aliphatic heterocycles. The van der Waals surface area contributed by atoms with Crippen LogP contribution in [0.15, 0.2) is 54.6 Å². The van der Waals surface area contributed by atoms with Gasteiger partial charge in [0.05, 0.1) is 20.3 Å². The maximum absolute atomic E-state index is 13.1. The Bertz CT molecular complexity index is 1080. The SMILES string of the molecule is COc1ccc(CC[C@@H](C)N2CCc3c(c(C(=O)NCc4ccccc4)nn3CCO)C2)cc1. The predicted molar refractivity (Wildman–Crippen MR) is 132 cm³/mol. The summed E-state index contributed by atoms with van der Waals surface area (Å²) in [6, 6.07) is 18.5. The fraction of sp³-hybridized carbons (Fsp3) is 0.407. The van der Waals surface area contributed by atoms with Gasteiger partial charge >= 0.3 is 0 Å². The average molecular weight is 463 g/mol. The summed E-state index contributed by atoms with van der Waals surface area (Å²) in [5.74, 6) is 0.711. The van der Waals surface area contributed by atoms with Gasteiger partial charge in [-0.05, 0) is 43.0 Å². The lowest BCUT2D eigenvalue weighted by Gasteiger charge is -2.33. The molecule has 0 saturated heterocycles. The van der Waals surface area contributed by atoms with Gasteiger partial charge in [0, 0.05) is 43.4 Å². The minimum absolute atomic E-state index is 0.00116. The molecule has 0 unspecified atom stereocenters. The third kappa shape index (κ3) is 5.66. The minimum atomic E-state index is -0.162. The number of nitrogens with zero attached hydrogens (tertiary/aromatic N) is 3. The number of aliphatic hydroxyl groups is 1. The molecular weight excluding hydrogens is 428 g/mol. The van der Waals surface area contributed by atoms with Crippen molar-refractivity contribution in [2.75, 3.05) is 20.3 Å². The number of carbonyl (C=O) groups excluding carboxylic acids is 1. The predicted octanol–water partition coefficient (Wildman–Crippen LogP) is 3.19. The van der Waals surface area contributed by atoms with Crippen LogP contribution in [0.4, 0.5) is 0 Å². The molecule has 180 valence electrons. The van der Waals surface area contributed by atoms with Gasteiger partial charge < -0.3 is 15.2 Å². The molecule has 7 heteroatoms. The van der Waals surface area contributed by atoms with E-state index in [4.69, 9.17) is 4.74 Å². The molecule has 0 fully saturated rings. The maximum Gasteiger partial charge on any atom is 0.272 e. The molecule has 1 amide bonds. The fourth-order valence-electron chi connectivity index (χ4n) is 4.56. The fourth-order valence-corrected chi connectivity index (χ4v) is 4.56. The van der Waals surface area contributed by atoms with Gasteiger partial charge in [0.15, 0.2) is 5.69 Å². The Balaban J connectivity index is 1.43. The van der Waals surface area contributed by atoms with Crippen molar-refractivity contribution in [1.29, 1.82) is 0 Å². The van der Waals surface area contributed by atoms with Gasteiger partial charge in [0.1, 0.15) is 5.75 Å². The van der Waals surface area contributed by atoms with E-state index >= 15 is 0 Å². The molecule has 2 N–H and O–H groups in total. The number of methoxy groups -OCH3 is 1. The van der Waals surface area contributed by atoms with E-state index in [0.717, 1.165) is 48.4 Å². The van der Waals surface area contributed by atoms with Crippen molar-refractivity contribution in [3.8, 4) is 5.75 Å². The molecule has 7 nitrogen and oxygen atoms in total. The van der Waals surface area contributed by atoms with E-state index in [9.17, 15) is 9.90 Å². The molecule has 0 bridgehead atoms. The van der Waals surface area contributed by atoms with E-state index in [2.05, 4.69) is 34.4 Å². The lowest BCUT2D eigenvalue weighted by molar-refractivity contribution is 0.0941. The second kappa shape index (κ2) is 11.3. The second-order valence-electron chi connectivity index (χ2n) is 8.85. The van der Waals surface area contributed by atoms with E-state index in [1.54, 1.807) is 7.11 Å². The van der Waals surface area contributed by atoms with E-state index < -0.39 is 0 Å². The number of hydrogen-bond acceptors (Lipinski definition) is 5. The minimum Gasteiger partial charge on any atom is -0.497 e. The first kappa shape index (κ1) is 24.0. The highest BCUT2D eigenvalue weighted by Gasteiger charge is 2.29. The molecule has 0 saturated carbocycles. The summed E-state index contributed by atoms with van der Waals surface area (Å²) in [6.45, 7) is 4.73. The van der Waals surface area contributed by atoms with E-state index in [-0.39, 0.29) is 12.5 Å². The van der Waals surface area contributed by atoms with Crippen LogP contribution in [-0.4, -0.2) is 52.0 Å². The van der Waals surface area contributed by atoms with Crippen molar-refractivity contribution in [2.45, 2.75) is 51.9 Å². The monoisotopic (exact) mass is 462 g/mol. The molecule has 3 aromatic rings. The van der Waals surface area contributed by atoms with Gasteiger partial charge in [-0.25, -0.2) is 0 Å². The highest BCUT2D eigenvalue weighted by molar-refractivity contribution is 5.94. The second-order valence-corrected chi connectivity index (χ2v) is 8.85. The van der Waals surface area contributed by atoms with Crippen LogP contribution in [0.1, 0.15) is 46.2 Å². The van der Waals surface area contributed by atoms with E-state index in [1.807, 2.05) is 47.1 Å². The number of aliphatic hydroxyl groups excluding tert-OH is 1. The summed E-state index contributed by atoms with van der Waals surface area (Å²) < 4.78 is 7.06. The quantitative estimate of drug-likeness (QED) is 0.484. The number of fused-ring (bicyclic) bond motifs is 1. The maximum atomic E-state index is 13.1. The summed E-state index contributed by atoms with van der Waals surface area (Å²) >= 11 is 0. The Kier molecular flexibility index (Phi) is 7.98. The van der Waals surface area contributed by atoms with Crippen molar-refractivity contribution in [1.82, 2.24) is 20.0 Å². The van der Waals surface area contributed by atoms with Crippen molar-refractivity contribution < 1.29 is 14.6 Å². The molecular formula is C27H34N4O3. The van der Waals surface area contributed by atoms with Gasteiger partial charge in [0.25, 0.3) is 5.91 Å². The average Bonchev–Trinajstić information content (AvgIpc) is 3.24. The topological polar surface area (TPSA) is 79.6 Å². The molecule has 0 aliphatic carbocycles. The third-order valence-corrected chi connectivity index (χ3v) is 6.62. The molecule has 0 radical (unpaired) electrons. The Morgan fingerprint density at radius 3 is 2.62 bits per heavy atom. The van der Waals surface area contributed by atoms with Crippen molar-refractivity contribution in [3.63, 3.8) is 0 Å². The highest BCUT2D eigenvalue weighted by Crippen LogP contribution is 2.26. The van der Waals surface area contributed by atoms with Crippen LogP contribution < -0.4 is 10.1 Å². The lowest BCUT2D eigenvalue weighted by atomic mass is 10.00. The van der Waals surface area contributed by atoms with Crippen LogP contribution in [0.3, 0.4) is 0 Å². The largest absolute Gasteiger partial charge is 0.497 e. The van der Waals surface area contributed by atoms with Gasteiger partial charge in [-0.2, -0.15) is 5.10 Å². The van der Waals surface area contributed by atoms with Crippen LogP contribution in [0, 0.1) is 0 Å². The number of benzene rings is 2. The van der Waals surface area contributed by atoms with Crippen LogP contribution in [0.2, 0.25) is 0 Å².